The Hall–Kier alpha value is -0.0951. The number of rotatable bonds is 27. The zero-order valence-corrected chi connectivity index (χ0v) is 25.3. The van der Waals surface area contributed by atoms with E-state index in [0.717, 1.165) is 45.3 Å². The van der Waals surface area contributed by atoms with E-state index >= 15 is 0 Å². The Kier molecular flexibility index (Phi) is 24.2. The normalized spacial score (nSPS) is 13.8. The topological polar surface area (TPSA) is 27.7 Å². The molecule has 2 atom stereocenters. The summed E-state index contributed by atoms with van der Waals surface area (Å²) >= 11 is 0. The fraction of sp³-hybridized carbons (Fsp3) is 1.00. The van der Waals surface area contributed by atoms with Gasteiger partial charge in [-0.2, -0.15) is 0 Å². The molecule has 0 aromatic rings. The van der Waals surface area contributed by atoms with Crippen LogP contribution in [-0.2, 0) is 14.0 Å². The Bertz CT molecular complexity index is 406. The minimum atomic E-state index is -0.524. The number of unbranched alkanes of at least 4 members (excludes halogenated alkanes) is 7. The molecule has 0 radical (unpaired) electrons. The van der Waals surface area contributed by atoms with Gasteiger partial charge in [-0.15, -0.1) is 0 Å². The van der Waals surface area contributed by atoms with Crippen LogP contribution in [0, 0.1) is 0 Å². The van der Waals surface area contributed by atoms with Crippen molar-refractivity contribution in [3.05, 3.63) is 0 Å². The third kappa shape index (κ3) is 15.7. The monoisotopic (exact) mass is 499 g/mol. The molecule has 0 aliphatic carbocycles. The Morgan fingerprint density at radius 1 is 0.514 bits per heavy atom. The molecular weight excluding hydrogens is 433 g/mol. The average molecular weight is 499 g/mol. The molecule has 0 N–H and O–H groups in total. The second-order valence-corrected chi connectivity index (χ2v) is 10.7. The molecule has 0 spiro atoms. The van der Waals surface area contributed by atoms with E-state index in [4.69, 9.17) is 14.0 Å². The molecule has 4 nitrogen and oxygen atoms in total. The van der Waals surface area contributed by atoms with Crippen LogP contribution < -0.4 is 0 Å². The summed E-state index contributed by atoms with van der Waals surface area (Å²) in [5.41, 5.74) is 0. The zero-order valence-electron chi connectivity index (χ0n) is 25.3. The van der Waals surface area contributed by atoms with Crippen molar-refractivity contribution in [1.82, 2.24) is 0 Å². The summed E-state index contributed by atoms with van der Waals surface area (Å²) in [4.78, 5) is 0. The van der Waals surface area contributed by atoms with E-state index in [1.807, 2.05) is 0 Å². The highest BCUT2D eigenvalue weighted by Crippen LogP contribution is 2.30. The number of nitrogens with zero attached hydrogens (tertiary/aromatic N) is 1. The summed E-state index contributed by atoms with van der Waals surface area (Å²) in [6.07, 6.45) is 19.6. The Balaban J connectivity index is 6.07. The van der Waals surface area contributed by atoms with Crippen LogP contribution >= 0.6 is 0 Å². The maximum absolute atomic E-state index is 6.89. The van der Waals surface area contributed by atoms with Crippen molar-refractivity contribution < 1.29 is 18.4 Å². The molecule has 0 aliphatic heterocycles. The molecule has 0 rings (SSSR count). The van der Waals surface area contributed by atoms with Crippen LogP contribution in [0.3, 0.4) is 0 Å². The first-order valence-corrected chi connectivity index (χ1v) is 15.8. The fourth-order valence-corrected chi connectivity index (χ4v) is 5.22. The molecule has 0 saturated carbocycles. The van der Waals surface area contributed by atoms with Crippen molar-refractivity contribution >= 4 is 7.32 Å². The summed E-state index contributed by atoms with van der Waals surface area (Å²) in [6.45, 7) is 21.4. The molecule has 0 amide bonds. The van der Waals surface area contributed by atoms with E-state index in [2.05, 4.69) is 48.5 Å². The Morgan fingerprint density at radius 2 is 0.971 bits per heavy atom. The van der Waals surface area contributed by atoms with Gasteiger partial charge in [-0.05, 0) is 38.5 Å². The molecule has 0 saturated heterocycles. The van der Waals surface area contributed by atoms with Crippen LogP contribution in [0.5, 0.6) is 0 Å². The molecule has 0 aromatic heterocycles. The van der Waals surface area contributed by atoms with Gasteiger partial charge in [0.25, 0.3) is 0 Å². The summed E-state index contributed by atoms with van der Waals surface area (Å²) in [7, 11) is -0.524. The van der Waals surface area contributed by atoms with E-state index in [0.29, 0.717) is 6.04 Å². The lowest BCUT2D eigenvalue weighted by atomic mass is 9.92. The van der Waals surface area contributed by atoms with Gasteiger partial charge < -0.3 is 18.4 Å². The van der Waals surface area contributed by atoms with Crippen LogP contribution in [0.2, 0.25) is 0 Å². The van der Waals surface area contributed by atoms with Crippen LogP contribution in [0.4, 0.5) is 0 Å². The third-order valence-electron chi connectivity index (χ3n) is 7.47. The van der Waals surface area contributed by atoms with Crippen molar-refractivity contribution in [2.75, 3.05) is 32.8 Å². The lowest BCUT2D eigenvalue weighted by Crippen LogP contribution is -2.62. The summed E-state index contributed by atoms with van der Waals surface area (Å²) in [5.74, 6) is 0. The first kappa shape index (κ1) is 34.9. The van der Waals surface area contributed by atoms with Gasteiger partial charge in [-0.1, -0.05) is 106 Å². The maximum Gasteiger partial charge on any atom is 0.639 e. The second kappa shape index (κ2) is 24.3. The lowest BCUT2D eigenvalue weighted by molar-refractivity contribution is -0.955. The number of quaternary nitrogens is 1. The number of hydrogen-bond donors (Lipinski definition) is 0. The molecule has 0 heterocycles. The molecule has 0 fully saturated rings. The Labute approximate surface area is 222 Å². The first-order valence-electron chi connectivity index (χ1n) is 15.8. The maximum atomic E-state index is 6.89. The zero-order chi connectivity index (χ0) is 26.2. The van der Waals surface area contributed by atoms with Crippen molar-refractivity contribution in [2.45, 2.75) is 163 Å². The van der Waals surface area contributed by atoms with Crippen molar-refractivity contribution in [3.63, 3.8) is 0 Å². The summed E-state index contributed by atoms with van der Waals surface area (Å²) in [6, 6.07) is 0.522. The molecule has 0 aromatic carbocycles. The Morgan fingerprint density at radius 3 is 1.37 bits per heavy atom. The predicted molar refractivity (Wildman–Crippen MR) is 155 cm³/mol. The smallest absolute Gasteiger partial charge is 0.386 e. The average Bonchev–Trinajstić information content (AvgIpc) is 2.87. The summed E-state index contributed by atoms with van der Waals surface area (Å²) < 4.78 is 20.5. The van der Waals surface area contributed by atoms with Crippen LogP contribution in [0.15, 0.2) is 0 Å². The lowest BCUT2D eigenvalue weighted by Gasteiger charge is -2.49. The van der Waals surface area contributed by atoms with Gasteiger partial charge in [-0.3, -0.25) is 0 Å². The highest BCUT2D eigenvalue weighted by atomic mass is 16.7. The van der Waals surface area contributed by atoms with Gasteiger partial charge >= 0.3 is 7.32 Å². The van der Waals surface area contributed by atoms with Gasteiger partial charge in [0.1, 0.15) is 6.04 Å². The van der Waals surface area contributed by atoms with E-state index in [1.165, 1.54) is 94.7 Å². The van der Waals surface area contributed by atoms with E-state index in [-0.39, 0.29) is 6.10 Å². The van der Waals surface area contributed by atoms with Crippen LogP contribution in [0.1, 0.15) is 151 Å². The van der Waals surface area contributed by atoms with Crippen molar-refractivity contribution in [3.8, 4) is 0 Å². The summed E-state index contributed by atoms with van der Waals surface area (Å²) in [5, 5.41) is 0. The van der Waals surface area contributed by atoms with E-state index in [1.54, 1.807) is 0 Å². The predicted octanol–water partition coefficient (Wildman–Crippen LogP) is 8.96. The molecule has 0 aliphatic rings. The number of hydrogen-bond acceptors (Lipinski definition) is 3. The van der Waals surface area contributed by atoms with Crippen molar-refractivity contribution in [2.24, 2.45) is 0 Å². The highest BCUT2D eigenvalue weighted by Gasteiger charge is 2.42. The van der Waals surface area contributed by atoms with Crippen LogP contribution in [0.25, 0.3) is 0 Å². The van der Waals surface area contributed by atoms with Gasteiger partial charge in [0.2, 0.25) is 0 Å². The van der Waals surface area contributed by atoms with Gasteiger partial charge in [0.15, 0.2) is 0 Å². The molecule has 210 valence electrons. The SMILES string of the molecule is CCCCCC(OB(OCCCC)OCCCC)C(CCC)[N+](CCCC)(CCCC)CCCC. The quantitative estimate of drug-likeness (QED) is 0.0643. The first-order chi connectivity index (χ1) is 17.1. The van der Waals surface area contributed by atoms with Crippen LogP contribution in [-0.4, -0.2) is 56.8 Å². The van der Waals surface area contributed by atoms with Gasteiger partial charge in [0.05, 0.1) is 25.7 Å². The standard InChI is InChI=1S/C30H65BNO3/c1-8-15-21-23-30(35-31(33-27-19-12-5)34-28-20-13-6)29(22-14-7)32(24-16-9-2,25-17-10-3)26-18-11-4/h29-30H,8-28H2,1-7H3/q+1. The van der Waals surface area contributed by atoms with E-state index in [9.17, 15) is 0 Å². The van der Waals surface area contributed by atoms with Crippen molar-refractivity contribution in [1.29, 1.82) is 0 Å². The molecular formula is C30H65BNO3+. The minimum Gasteiger partial charge on any atom is -0.386 e. The molecule has 5 heteroatoms. The second-order valence-electron chi connectivity index (χ2n) is 10.7. The fourth-order valence-electron chi connectivity index (χ4n) is 5.22. The van der Waals surface area contributed by atoms with E-state index < -0.39 is 7.32 Å². The molecule has 35 heavy (non-hydrogen) atoms. The minimum absolute atomic E-state index is 0.195. The largest absolute Gasteiger partial charge is 0.639 e. The van der Waals surface area contributed by atoms with Gasteiger partial charge in [0, 0.05) is 19.6 Å². The molecule has 0 bridgehead atoms. The molecule has 2 unspecified atom stereocenters. The highest BCUT2D eigenvalue weighted by molar-refractivity contribution is 6.36. The van der Waals surface area contributed by atoms with Gasteiger partial charge in [-0.25, -0.2) is 0 Å². The third-order valence-corrected chi connectivity index (χ3v) is 7.47.